The van der Waals surface area contributed by atoms with Crippen molar-refractivity contribution in [2.45, 2.75) is 5.00 Å². The first kappa shape index (κ1) is 20.5. The Bertz CT molecular complexity index is 885. The maximum atomic E-state index is 12.3. The number of urea groups is 1. The number of alkyl halides is 1. The number of ether oxygens (including phenoxy) is 2. The molecule has 0 aromatic carbocycles. The molecule has 1 atom stereocenters. The van der Waals surface area contributed by atoms with Crippen molar-refractivity contribution in [3.8, 4) is 11.8 Å². The molecule has 1 aliphatic heterocycles. The quantitative estimate of drug-likeness (QED) is 0.335. The van der Waals surface area contributed by atoms with E-state index in [4.69, 9.17) is 26.2 Å². The smallest absolute Gasteiger partial charge is 0.345 e. The first-order valence-electron chi connectivity index (χ1n) is 6.98. The van der Waals surface area contributed by atoms with Crippen LogP contribution in [0.1, 0.15) is 0 Å². The molecule has 0 fully saturated rings. The molecule has 2 amide bonds. The van der Waals surface area contributed by atoms with Gasteiger partial charge in [0.2, 0.25) is 22.7 Å². The van der Waals surface area contributed by atoms with E-state index in [-0.39, 0.29) is 17.7 Å². The Kier molecular flexibility index (Phi) is 5.62. The predicted molar refractivity (Wildman–Crippen MR) is 91.4 cm³/mol. The lowest BCUT2D eigenvalue weighted by atomic mass is 10.3. The largest absolute Gasteiger partial charge is 0.481 e. The highest BCUT2D eigenvalue weighted by Crippen LogP contribution is 2.27. The maximum Gasteiger partial charge on any atom is 0.345 e. The summed E-state index contributed by atoms with van der Waals surface area (Å²) >= 11 is 5.77. The van der Waals surface area contributed by atoms with Crippen molar-refractivity contribution in [2.75, 3.05) is 26.6 Å². The maximum absolute atomic E-state index is 12.3. The minimum Gasteiger partial charge on any atom is -0.481 e. The number of aromatic nitrogens is 2. The van der Waals surface area contributed by atoms with Gasteiger partial charge in [-0.1, -0.05) is 11.6 Å². The SMILES string of the molecule is COc1cc(OC)nc(NC(=O)NS(=O)(=O)C2=CC(Cl)(C(=O)O)NN2C)n1. The van der Waals surface area contributed by atoms with Crippen molar-refractivity contribution in [3.05, 3.63) is 17.2 Å². The van der Waals surface area contributed by atoms with Crippen LogP contribution in [-0.2, 0) is 14.8 Å². The minimum atomic E-state index is -4.47. The van der Waals surface area contributed by atoms with Gasteiger partial charge in [0.1, 0.15) is 0 Å². The standard InChI is InChI=1S/C12H15ClN6O7S/c1-19-8(5-12(13,18-19)9(20)21)27(23,24)17-11(22)16-10-14-6(25-2)4-7(15-10)26-3/h4-5,18H,1-3H3,(H,20,21)(H2,14,15,16,17,22). The molecule has 0 bridgehead atoms. The average Bonchev–Trinajstić information content (AvgIpc) is 2.90. The van der Waals surface area contributed by atoms with E-state index >= 15 is 0 Å². The van der Waals surface area contributed by atoms with Gasteiger partial charge in [0.15, 0.2) is 5.03 Å². The molecular formula is C12H15ClN6O7S. The number of sulfonamides is 1. The van der Waals surface area contributed by atoms with Gasteiger partial charge in [-0.25, -0.2) is 14.3 Å². The molecule has 148 valence electrons. The summed E-state index contributed by atoms with van der Waals surface area (Å²) in [5.74, 6) is -1.68. The fraction of sp³-hybridized carbons (Fsp3) is 0.333. The van der Waals surface area contributed by atoms with Crippen LogP contribution in [0.2, 0.25) is 0 Å². The first-order valence-corrected chi connectivity index (χ1v) is 8.84. The first-order chi connectivity index (χ1) is 12.5. The zero-order valence-corrected chi connectivity index (χ0v) is 15.8. The molecule has 15 heteroatoms. The van der Waals surface area contributed by atoms with Gasteiger partial charge >= 0.3 is 12.0 Å². The predicted octanol–water partition coefficient (Wildman–Crippen LogP) is -0.744. The van der Waals surface area contributed by atoms with Gasteiger partial charge in [-0.05, 0) is 0 Å². The van der Waals surface area contributed by atoms with Crippen LogP contribution in [0.3, 0.4) is 0 Å². The molecule has 1 aromatic heterocycles. The van der Waals surface area contributed by atoms with Gasteiger partial charge in [-0.2, -0.15) is 23.8 Å². The van der Waals surface area contributed by atoms with Gasteiger partial charge in [0.05, 0.1) is 20.3 Å². The molecule has 0 aliphatic carbocycles. The van der Waals surface area contributed by atoms with E-state index in [1.165, 1.54) is 27.3 Å². The van der Waals surface area contributed by atoms with E-state index in [0.717, 1.165) is 11.1 Å². The number of nitrogens with zero attached hydrogens (tertiary/aromatic N) is 3. The number of hydrogen-bond acceptors (Lipinski definition) is 10. The summed E-state index contributed by atoms with van der Waals surface area (Å²) in [6, 6.07) is 0.137. The number of carboxylic acids is 1. The van der Waals surface area contributed by atoms with Crippen molar-refractivity contribution in [2.24, 2.45) is 0 Å². The van der Waals surface area contributed by atoms with E-state index in [9.17, 15) is 18.0 Å². The fourth-order valence-corrected chi connectivity index (χ4v) is 3.37. The number of carbonyl (C=O) groups excluding carboxylic acids is 1. The van der Waals surface area contributed by atoms with Crippen LogP contribution in [0.4, 0.5) is 10.7 Å². The fourth-order valence-electron chi connectivity index (χ4n) is 1.94. The van der Waals surface area contributed by atoms with E-state index in [1.54, 1.807) is 4.72 Å². The van der Waals surface area contributed by atoms with Gasteiger partial charge < -0.3 is 14.6 Å². The van der Waals surface area contributed by atoms with Crippen LogP contribution in [0.25, 0.3) is 0 Å². The second-order valence-corrected chi connectivity index (χ2v) is 7.23. The lowest BCUT2D eigenvalue weighted by Gasteiger charge is -2.20. The highest BCUT2D eigenvalue weighted by atomic mass is 35.5. The monoisotopic (exact) mass is 422 g/mol. The van der Waals surface area contributed by atoms with Gasteiger partial charge in [-0.3, -0.25) is 10.3 Å². The number of amides is 2. The Morgan fingerprint density at radius 2 is 1.85 bits per heavy atom. The van der Waals surface area contributed by atoms with Crippen LogP contribution in [-0.4, -0.2) is 66.8 Å². The third-order valence-electron chi connectivity index (χ3n) is 3.12. The van der Waals surface area contributed by atoms with Gasteiger partial charge in [0, 0.05) is 13.1 Å². The molecule has 27 heavy (non-hydrogen) atoms. The number of methoxy groups -OCH3 is 2. The van der Waals surface area contributed by atoms with Crippen LogP contribution in [0.5, 0.6) is 11.8 Å². The number of halogens is 1. The summed E-state index contributed by atoms with van der Waals surface area (Å²) in [6.07, 6.45) is 0.734. The molecule has 13 nitrogen and oxygen atoms in total. The topological polar surface area (TPSA) is 172 Å². The highest BCUT2D eigenvalue weighted by molar-refractivity contribution is 7.93. The Labute approximate surface area is 158 Å². The van der Waals surface area contributed by atoms with E-state index in [1.807, 2.05) is 0 Å². The minimum absolute atomic E-state index is 0.0656. The molecule has 1 unspecified atom stereocenters. The zero-order valence-electron chi connectivity index (χ0n) is 14.2. The lowest BCUT2D eigenvalue weighted by Crippen LogP contribution is -2.48. The molecule has 0 radical (unpaired) electrons. The molecule has 2 rings (SSSR count). The Balaban J connectivity index is 2.19. The molecule has 1 aliphatic rings. The number of anilines is 1. The Morgan fingerprint density at radius 3 is 2.30 bits per heavy atom. The third-order valence-corrected chi connectivity index (χ3v) is 4.87. The molecule has 0 saturated carbocycles. The molecule has 4 N–H and O–H groups in total. The van der Waals surface area contributed by atoms with E-state index in [2.05, 4.69) is 20.7 Å². The van der Waals surface area contributed by atoms with E-state index in [0.29, 0.717) is 0 Å². The van der Waals surface area contributed by atoms with Crippen molar-refractivity contribution in [1.82, 2.24) is 25.1 Å². The molecular weight excluding hydrogens is 408 g/mol. The third kappa shape index (κ3) is 4.47. The Hall–Kier alpha value is -2.84. The summed E-state index contributed by atoms with van der Waals surface area (Å²) in [6.45, 7) is 0. The number of carbonyl (C=O) groups is 2. The molecule has 2 heterocycles. The van der Waals surface area contributed by atoms with E-state index < -0.39 is 32.1 Å². The van der Waals surface area contributed by atoms with Crippen molar-refractivity contribution >= 4 is 39.6 Å². The molecule has 0 saturated heterocycles. The lowest BCUT2D eigenvalue weighted by molar-refractivity contribution is -0.140. The average molecular weight is 423 g/mol. The van der Waals surface area contributed by atoms with Crippen molar-refractivity contribution < 1.29 is 32.6 Å². The number of hydrazine groups is 1. The number of rotatable bonds is 6. The summed E-state index contributed by atoms with van der Waals surface area (Å²) in [7, 11) is -0.602. The van der Waals surface area contributed by atoms with Crippen LogP contribution in [0, 0.1) is 0 Å². The summed E-state index contributed by atoms with van der Waals surface area (Å²) in [5.41, 5.74) is 2.24. The van der Waals surface area contributed by atoms with Crippen molar-refractivity contribution in [1.29, 1.82) is 0 Å². The highest BCUT2D eigenvalue weighted by Gasteiger charge is 2.45. The van der Waals surface area contributed by atoms with Crippen LogP contribution < -0.4 is 24.9 Å². The number of nitrogens with one attached hydrogen (secondary N) is 3. The number of carboxylic acid groups (broad SMARTS) is 1. The summed E-state index contributed by atoms with van der Waals surface area (Å²) in [5, 5.41) is 11.4. The zero-order chi connectivity index (χ0) is 20.4. The summed E-state index contributed by atoms with van der Waals surface area (Å²) < 4.78 is 36.2. The van der Waals surface area contributed by atoms with Gasteiger partial charge in [-0.15, -0.1) is 0 Å². The van der Waals surface area contributed by atoms with Crippen molar-refractivity contribution in [3.63, 3.8) is 0 Å². The van der Waals surface area contributed by atoms with Crippen LogP contribution in [0.15, 0.2) is 17.2 Å². The normalized spacial score (nSPS) is 19.3. The van der Waals surface area contributed by atoms with Gasteiger partial charge in [0.25, 0.3) is 10.0 Å². The molecule has 1 aromatic rings. The summed E-state index contributed by atoms with van der Waals surface area (Å²) in [4.78, 5) is 28.6. The number of hydrogen-bond donors (Lipinski definition) is 4. The number of aliphatic carboxylic acids is 1. The second-order valence-electron chi connectivity index (χ2n) is 5.01. The molecule has 0 spiro atoms. The Morgan fingerprint density at radius 1 is 1.30 bits per heavy atom. The second kappa shape index (κ2) is 7.42. The van der Waals surface area contributed by atoms with Crippen LogP contribution >= 0.6 is 11.6 Å².